The van der Waals surface area contributed by atoms with E-state index in [9.17, 15) is 14.4 Å². The largest absolute Gasteiger partial charge is 0.449 e. The van der Waals surface area contributed by atoms with Crippen LogP contribution in [0.2, 0.25) is 0 Å². The Hall–Kier alpha value is -2.37. The van der Waals surface area contributed by atoms with Gasteiger partial charge in [0.25, 0.3) is 5.91 Å². The third-order valence-corrected chi connectivity index (χ3v) is 3.10. The molecule has 1 rings (SSSR count). The molecule has 0 aliphatic heterocycles. The Morgan fingerprint density at radius 2 is 1.64 bits per heavy atom. The molecule has 2 N–H and O–H groups in total. The molecule has 0 unspecified atom stereocenters. The van der Waals surface area contributed by atoms with Crippen molar-refractivity contribution in [3.05, 3.63) is 35.4 Å². The van der Waals surface area contributed by atoms with E-state index in [2.05, 4.69) is 26.1 Å². The van der Waals surface area contributed by atoms with Crippen molar-refractivity contribution in [2.45, 2.75) is 39.2 Å². The van der Waals surface area contributed by atoms with Gasteiger partial charge in [-0.1, -0.05) is 32.9 Å². The molecule has 0 spiro atoms. The Morgan fingerprint density at radius 3 is 2.09 bits per heavy atom. The number of imide groups is 1. The molecule has 0 aliphatic rings. The quantitative estimate of drug-likeness (QED) is 0.836. The van der Waals surface area contributed by atoms with Crippen LogP contribution in [0.1, 0.15) is 43.6 Å². The second-order valence-electron chi connectivity index (χ2n) is 5.94. The molecule has 0 aliphatic carbocycles. The summed E-state index contributed by atoms with van der Waals surface area (Å²) in [4.78, 5) is 34.6. The first-order chi connectivity index (χ1) is 10.1. The highest BCUT2D eigenvalue weighted by Gasteiger charge is 2.21. The third kappa shape index (κ3) is 4.87. The van der Waals surface area contributed by atoms with Crippen molar-refractivity contribution in [3.8, 4) is 0 Å². The Bertz CT molecular complexity index is 559. The van der Waals surface area contributed by atoms with Crippen LogP contribution in [0.15, 0.2) is 24.3 Å². The predicted octanol–water partition coefficient (Wildman–Crippen LogP) is 1.98. The lowest BCUT2D eigenvalue weighted by Crippen LogP contribution is -2.43. The normalized spacial score (nSPS) is 12.2. The predicted molar refractivity (Wildman–Crippen MR) is 82.6 cm³/mol. The summed E-state index contributed by atoms with van der Waals surface area (Å²) in [5.41, 5.74) is 1.44. The molecule has 0 heterocycles. The van der Waals surface area contributed by atoms with Gasteiger partial charge in [0.2, 0.25) is 0 Å². The number of carbonyl (C=O) groups excluding carboxylic acids is 3. The molecular formula is C16H22N2O4. The highest BCUT2D eigenvalue weighted by molar-refractivity contribution is 5.98. The first-order valence-corrected chi connectivity index (χ1v) is 6.99. The van der Waals surface area contributed by atoms with Gasteiger partial charge in [-0.05, 0) is 30.0 Å². The lowest BCUT2D eigenvalue weighted by atomic mass is 9.87. The molecule has 0 bridgehead atoms. The van der Waals surface area contributed by atoms with Crippen LogP contribution in [0.5, 0.6) is 0 Å². The fraction of sp³-hybridized carbons (Fsp3) is 0.438. The maximum Gasteiger partial charge on any atom is 0.338 e. The van der Waals surface area contributed by atoms with Crippen LogP contribution in [0.3, 0.4) is 0 Å². The Labute approximate surface area is 130 Å². The minimum absolute atomic E-state index is 0.0108. The Balaban J connectivity index is 2.69. The van der Waals surface area contributed by atoms with Crippen molar-refractivity contribution in [1.82, 2.24) is 10.6 Å². The van der Waals surface area contributed by atoms with Gasteiger partial charge in [-0.3, -0.25) is 10.1 Å². The first-order valence-electron chi connectivity index (χ1n) is 6.99. The number of carbonyl (C=O) groups is 3. The number of nitrogens with one attached hydrogen (secondary N) is 2. The van der Waals surface area contributed by atoms with Crippen molar-refractivity contribution >= 4 is 17.9 Å². The number of esters is 1. The molecule has 1 atom stereocenters. The van der Waals surface area contributed by atoms with Crippen LogP contribution in [0.4, 0.5) is 4.79 Å². The number of benzene rings is 1. The molecule has 0 saturated heterocycles. The number of amides is 3. The van der Waals surface area contributed by atoms with Gasteiger partial charge in [0, 0.05) is 7.05 Å². The zero-order valence-corrected chi connectivity index (χ0v) is 13.5. The van der Waals surface area contributed by atoms with Crippen LogP contribution in [0, 0.1) is 0 Å². The summed E-state index contributed by atoms with van der Waals surface area (Å²) >= 11 is 0. The van der Waals surface area contributed by atoms with Gasteiger partial charge in [0.05, 0.1) is 5.56 Å². The summed E-state index contributed by atoms with van der Waals surface area (Å²) in [6.45, 7) is 7.63. The molecule has 6 nitrogen and oxygen atoms in total. The Kier molecular flexibility index (Phi) is 5.68. The van der Waals surface area contributed by atoms with Gasteiger partial charge in [-0.2, -0.15) is 0 Å². The number of rotatable bonds is 3. The molecule has 6 heteroatoms. The lowest BCUT2D eigenvalue weighted by Gasteiger charge is -2.19. The summed E-state index contributed by atoms with van der Waals surface area (Å²) in [6.07, 6.45) is -1.06. The van der Waals surface area contributed by atoms with Crippen molar-refractivity contribution in [1.29, 1.82) is 0 Å². The van der Waals surface area contributed by atoms with E-state index >= 15 is 0 Å². The van der Waals surface area contributed by atoms with Gasteiger partial charge in [0.1, 0.15) is 0 Å². The third-order valence-electron chi connectivity index (χ3n) is 3.10. The van der Waals surface area contributed by atoms with Gasteiger partial charge in [-0.15, -0.1) is 0 Å². The molecule has 0 saturated carbocycles. The van der Waals surface area contributed by atoms with Crippen LogP contribution in [0.25, 0.3) is 0 Å². The van der Waals surface area contributed by atoms with Crippen LogP contribution < -0.4 is 10.6 Å². The van der Waals surface area contributed by atoms with Crippen molar-refractivity contribution in [3.63, 3.8) is 0 Å². The SMILES string of the molecule is CNC(=O)NC(=O)[C@H](C)OC(=O)c1ccc(C(C)(C)C)cc1. The van der Waals surface area contributed by atoms with Crippen molar-refractivity contribution < 1.29 is 19.1 Å². The minimum Gasteiger partial charge on any atom is -0.449 e. The number of hydrogen-bond donors (Lipinski definition) is 2. The number of hydrogen-bond acceptors (Lipinski definition) is 4. The smallest absolute Gasteiger partial charge is 0.338 e. The molecule has 0 radical (unpaired) electrons. The maximum absolute atomic E-state index is 12.0. The molecular weight excluding hydrogens is 284 g/mol. The summed E-state index contributed by atoms with van der Waals surface area (Å²) in [5, 5.41) is 4.29. The summed E-state index contributed by atoms with van der Waals surface area (Å²) in [7, 11) is 1.38. The summed E-state index contributed by atoms with van der Waals surface area (Å²) in [5.74, 6) is -1.29. The molecule has 120 valence electrons. The molecule has 3 amide bonds. The zero-order valence-electron chi connectivity index (χ0n) is 13.5. The van der Waals surface area contributed by atoms with E-state index in [1.165, 1.54) is 14.0 Å². The molecule has 22 heavy (non-hydrogen) atoms. The van der Waals surface area contributed by atoms with Crippen molar-refractivity contribution in [2.24, 2.45) is 0 Å². The maximum atomic E-state index is 12.0. The van der Waals surface area contributed by atoms with E-state index in [0.717, 1.165) is 5.56 Å². The highest BCUT2D eigenvalue weighted by Crippen LogP contribution is 2.22. The average molecular weight is 306 g/mol. The van der Waals surface area contributed by atoms with Crippen LogP contribution in [-0.2, 0) is 14.9 Å². The standard InChI is InChI=1S/C16H22N2O4/c1-10(13(19)18-15(21)17-5)22-14(20)11-6-8-12(9-7-11)16(2,3)4/h6-10H,1-5H3,(H2,17,18,19,21)/t10-/m0/s1. The number of urea groups is 1. The first kappa shape index (κ1) is 17.7. The van der Waals surface area contributed by atoms with E-state index in [-0.39, 0.29) is 5.41 Å². The second-order valence-corrected chi connectivity index (χ2v) is 5.94. The van der Waals surface area contributed by atoms with Crippen LogP contribution >= 0.6 is 0 Å². The Morgan fingerprint density at radius 1 is 1.09 bits per heavy atom. The summed E-state index contributed by atoms with van der Waals surface area (Å²) in [6, 6.07) is 6.37. The van der Waals surface area contributed by atoms with Crippen molar-refractivity contribution in [2.75, 3.05) is 7.05 Å². The second kappa shape index (κ2) is 7.06. The molecule has 1 aromatic carbocycles. The fourth-order valence-electron chi connectivity index (χ4n) is 1.66. The summed E-state index contributed by atoms with van der Waals surface area (Å²) < 4.78 is 5.04. The number of ether oxygens (including phenoxy) is 1. The van der Waals surface area contributed by atoms with Gasteiger partial charge in [-0.25, -0.2) is 9.59 Å². The highest BCUT2D eigenvalue weighted by atomic mass is 16.5. The molecule has 0 fully saturated rings. The monoisotopic (exact) mass is 306 g/mol. The zero-order chi connectivity index (χ0) is 16.9. The van der Waals surface area contributed by atoms with Gasteiger partial charge >= 0.3 is 12.0 Å². The van der Waals surface area contributed by atoms with E-state index < -0.39 is 24.0 Å². The minimum atomic E-state index is -1.06. The molecule has 1 aromatic rings. The van der Waals surface area contributed by atoms with E-state index in [1.807, 2.05) is 17.4 Å². The van der Waals surface area contributed by atoms with E-state index in [4.69, 9.17) is 4.74 Å². The van der Waals surface area contributed by atoms with E-state index in [1.54, 1.807) is 12.1 Å². The van der Waals surface area contributed by atoms with E-state index in [0.29, 0.717) is 5.56 Å². The average Bonchev–Trinajstić information content (AvgIpc) is 2.46. The van der Waals surface area contributed by atoms with Gasteiger partial charge in [0.15, 0.2) is 6.10 Å². The lowest BCUT2D eigenvalue weighted by molar-refractivity contribution is -0.127. The fourth-order valence-corrected chi connectivity index (χ4v) is 1.66. The van der Waals surface area contributed by atoms with Gasteiger partial charge < -0.3 is 10.1 Å². The molecule has 0 aromatic heterocycles. The topological polar surface area (TPSA) is 84.5 Å². The van der Waals surface area contributed by atoms with Crippen LogP contribution in [-0.4, -0.2) is 31.1 Å².